The average Bonchev–Trinajstić information content (AvgIpc) is 2.52. The third-order valence-electron chi connectivity index (χ3n) is 3.02. The molecule has 2 rings (SSSR count). The van der Waals surface area contributed by atoms with Crippen molar-refractivity contribution in [2.24, 2.45) is 0 Å². The van der Waals surface area contributed by atoms with Gasteiger partial charge < -0.3 is 10.1 Å². The summed E-state index contributed by atoms with van der Waals surface area (Å²) >= 11 is 5.78. The zero-order valence-electron chi connectivity index (χ0n) is 12.1. The number of ether oxygens (including phenoxy) is 1. The van der Waals surface area contributed by atoms with Crippen molar-refractivity contribution in [3.63, 3.8) is 0 Å². The molecule has 4 nitrogen and oxygen atoms in total. The predicted molar refractivity (Wildman–Crippen MR) is 84.8 cm³/mol. The molecule has 0 aliphatic heterocycles. The number of nitrogens with one attached hydrogen (secondary N) is 1. The number of rotatable bonds is 5. The maximum atomic E-state index is 11.8. The van der Waals surface area contributed by atoms with Crippen molar-refractivity contribution in [2.75, 3.05) is 6.61 Å². The monoisotopic (exact) mass is 317 g/mol. The highest BCUT2D eigenvalue weighted by molar-refractivity contribution is 6.30. The fraction of sp³-hybridized carbons (Fsp3) is 0.176. The number of carbonyl (C=O) groups is 2. The Morgan fingerprint density at radius 2 is 1.68 bits per heavy atom. The molecule has 2 aromatic rings. The topological polar surface area (TPSA) is 55.4 Å². The van der Waals surface area contributed by atoms with E-state index in [0.717, 1.165) is 11.1 Å². The molecular formula is C17H16ClNO3. The SMILES string of the molecule is Cc1ccc(C(=O)OCC(=O)NCc2ccc(Cl)cc2)cc1. The van der Waals surface area contributed by atoms with E-state index in [1.807, 2.05) is 31.2 Å². The molecule has 0 saturated carbocycles. The summed E-state index contributed by atoms with van der Waals surface area (Å²) in [6.45, 7) is 1.98. The van der Waals surface area contributed by atoms with E-state index < -0.39 is 5.97 Å². The van der Waals surface area contributed by atoms with Crippen molar-refractivity contribution in [2.45, 2.75) is 13.5 Å². The summed E-state index contributed by atoms with van der Waals surface area (Å²) in [7, 11) is 0. The van der Waals surface area contributed by atoms with E-state index in [4.69, 9.17) is 16.3 Å². The first kappa shape index (κ1) is 16.0. The molecule has 0 aliphatic rings. The average molecular weight is 318 g/mol. The molecule has 0 heterocycles. The van der Waals surface area contributed by atoms with Gasteiger partial charge in [-0.1, -0.05) is 41.4 Å². The molecule has 2 aromatic carbocycles. The second-order valence-corrected chi connectivity index (χ2v) is 5.28. The fourth-order valence-electron chi connectivity index (χ4n) is 1.76. The molecule has 0 radical (unpaired) electrons. The van der Waals surface area contributed by atoms with Crippen LogP contribution in [-0.4, -0.2) is 18.5 Å². The number of hydrogen-bond donors (Lipinski definition) is 1. The molecule has 0 bridgehead atoms. The van der Waals surface area contributed by atoms with E-state index in [0.29, 0.717) is 17.1 Å². The van der Waals surface area contributed by atoms with E-state index in [-0.39, 0.29) is 12.5 Å². The number of benzene rings is 2. The van der Waals surface area contributed by atoms with Gasteiger partial charge in [0.25, 0.3) is 5.91 Å². The van der Waals surface area contributed by atoms with Crippen LogP contribution in [0.3, 0.4) is 0 Å². The maximum Gasteiger partial charge on any atom is 0.338 e. The lowest BCUT2D eigenvalue weighted by molar-refractivity contribution is -0.124. The predicted octanol–water partition coefficient (Wildman–Crippen LogP) is 3.12. The Kier molecular flexibility index (Phi) is 5.55. The van der Waals surface area contributed by atoms with Crippen LogP contribution in [0.5, 0.6) is 0 Å². The van der Waals surface area contributed by atoms with Gasteiger partial charge in [-0.3, -0.25) is 4.79 Å². The zero-order valence-corrected chi connectivity index (χ0v) is 12.9. The van der Waals surface area contributed by atoms with Gasteiger partial charge in [0.15, 0.2) is 6.61 Å². The van der Waals surface area contributed by atoms with Crippen molar-refractivity contribution in [1.82, 2.24) is 5.32 Å². The van der Waals surface area contributed by atoms with Crippen molar-refractivity contribution in [3.8, 4) is 0 Å². The van der Waals surface area contributed by atoms with E-state index in [9.17, 15) is 9.59 Å². The lowest BCUT2D eigenvalue weighted by atomic mass is 10.1. The molecule has 5 heteroatoms. The molecule has 1 N–H and O–H groups in total. The van der Waals surface area contributed by atoms with Gasteiger partial charge in [-0.25, -0.2) is 4.79 Å². The van der Waals surface area contributed by atoms with E-state index in [2.05, 4.69) is 5.32 Å². The van der Waals surface area contributed by atoms with Crippen LogP contribution in [-0.2, 0) is 16.1 Å². The standard InChI is InChI=1S/C17H16ClNO3/c1-12-2-6-14(7-3-12)17(21)22-11-16(20)19-10-13-4-8-15(18)9-5-13/h2-9H,10-11H2,1H3,(H,19,20). The van der Waals surface area contributed by atoms with Crippen LogP contribution in [0, 0.1) is 6.92 Å². The number of halogens is 1. The minimum absolute atomic E-state index is 0.305. The number of amides is 1. The molecule has 0 unspecified atom stereocenters. The first-order valence-electron chi connectivity index (χ1n) is 6.79. The van der Waals surface area contributed by atoms with Gasteiger partial charge in [0.05, 0.1) is 5.56 Å². The lowest BCUT2D eigenvalue weighted by Crippen LogP contribution is -2.28. The largest absolute Gasteiger partial charge is 0.452 e. The fourth-order valence-corrected chi connectivity index (χ4v) is 1.88. The van der Waals surface area contributed by atoms with Crippen LogP contribution in [0.2, 0.25) is 5.02 Å². The Balaban J connectivity index is 1.76. The minimum atomic E-state index is -0.512. The number of hydrogen-bond acceptors (Lipinski definition) is 3. The van der Waals surface area contributed by atoms with Crippen LogP contribution in [0.15, 0.2) is 48.5 Å². The Morgan fingerprint density at radius 1 is 1.05 bits per heavy atom. The third kappa shape index (κ3) is 4.90. The van der Waals surface area contributed by atoms with Gasteiger partial charge in [-0.2, -0.15) is 0 Å². The van der Waals surface area contributed by atoms with E-state index in [1.54, 1.807) is 24.3 Å². The van der Waals surface area contributed by atoms with Gasteiger partial charge in [-0.05, 0) is 36.8 Å². The van der Waals surface area contributed by atoms with Crippen LogP contribution in [0.25, 0.3) is 0 Å². The van der Waals surface area contributed by atoms with E-state index in [1.165, 1.54) is 0 Å². The Labute approximate surface area is 134 Å². The van der Waals surface area contributed by atoms with E-state index >= 15 is 0 Å². The van der Waals surface area contributed by atoms with Gasteiger partial charge >= 0.3 is 5.97 Å². The summed E-state index contributed by atoms with van der Waals surface area (Å²) in [6.07, 6.45) is 0. The van der Waals surface area contributed by atoms with Gasteiger partial charge in [0, 0.05) is 11.6 Å². The first-order chi connectivity index (χ1) is 10.5. The summed E-state index contributed by atoms with van der Waals surface area (Å²) in [6, 6.07) is 14.1. The van der Waals surface area contributed by atoms with Crippen LogP contribution in [0.1, 0.15) is 21.5 Å². The molecule has 0 atom stereocenters. The van der Waals surface area contributed by atoms with Gasteiger partial charge in [0.1, 0.15) is 0 Å². The van der Waals surface area contributed by atoms with Crippen LogP contribution < -0.4 is 5.32 Å². The molecule has 1 amide bonds. The molecule has 22 heavy (non-hydrogen) atoms. The highest BCUT2D eigenvalue weighted by atomic mass is 35.5. The third-order valence-corrected chi connectivity index (χ3v) is 3.28. The van der Waals surface area contributed by atoms with Gasteiger partial charge in [-0.15, -0.1) is 0 Å². The summed E-state index contributed by atoms with van der Waals surface area (Å²) in [5.41, 5.74) is 2.40. The Hall–Kier alpha value is -2.33. The normalized spacial score (nSPS) is 10.1. The van der Waals surface area contributed by atoms with Gasteiger partial charge in [0.2, 0.25) is 0 Å². The quantitative estimate of drug-likeness (QED) is 0.862. The van der Waals surface area contributed by atoms with Crippen LogP contribution in [0.4, 0.5) is 0 Å². The number of esters is 1. The molecule has 0 saturated heterocycles. The molecule has 114 valence electrons. The lowest BCUT2D eigenvalue weighted by Gasteiger charge is -2.07. The number of aryl methyl sites for hydroxylation is 1. The summed E-state index contributed by atoms with van der Waals surface area (Å²) in [4.78, 5) is 23.4. The highest BCUT2D eigenvalue weighted by Crippen LogP contribution is 2.09. The highest BCUT2D eigenvalue weighted by Gasteiger charge is 2.09. The second kappa shape index (κ2) is 7.61. The number of carbonyl (C=O) groups excluding carboxylic acids is 2. The maximum absolute atomic E-state index is 11.8. The summed E-state index contributed by atoms with van der Waals surface area (Å²) in [5, 5.41) is 3.32. The first-order valence-corrected chi connectivity index (χ1v) is 7.17. The Bertz CT molecular complexity index is 651. The molecule has 0 fully saturated rings. The van der Waals surface area contributed by atoms with Crippen molar-refractivity contribution >= 4 is 23.5 Å². The van der Waals surface area contributed by atoms with Crippen molar-refractivity contribution in [1.29, 1.82) is 0 Å². The van der Waals surface area contributed by atoms with Crippen molar-refractivity contribution in [3.05, 3.63) is 70.2 Å². The molecule has 0 aromatic heterocycles. The van der Waals surface area contributed by atoms with Crippen LogP contribution >= 0.6 is 11.6 Å². The zero-order chi connectivity index (χ0) is 15.9. The smallest absolute Gasteiger partial charge is 0.338 e. The summed E-state index contributed by atoms with van der Waals surface area (Å²) < 4.78 is 4.97. The molecular weight excluding hydrogens is 302 g/mol. The summed E-state index contributed by atoms with van der Waals surface area (Å²) in [5.74, 6) is -0.864. The van der Waals surface area contributed by atoms with Crippen molar-refractivity contribution < 1.29 is 14.3 Å². The molecule has 0 aliphatic carbocycles. The Morgan fingerprint density at radius 3 is 2.32 bits per heavy atom. The second-order valence-electron chi connectivity index (χ2n) is 4.85. The minimum Gasteiger partial charge on any atom is -0.452 e. The molecule has 0 spiro atoms.